The Morgan fingerprint density at radius 3 is 3.14 bits per heavy atom. The summed E-state index contributed by atoms with van der Waals surface area (Å²) < 4.78 is 0. The number of piperidine rings is 1. The van der Waals surface area contributed by atoms with Gasteiger partial charge >= 0.3 is 0 Å². The zero-order chi connectivity index (χ0) is 16.0. The molecule has 1 fully saturated rings. The van der Waals surface area contributed by atoms with Gasteiger partial charge in [0.05, 0.1) is 11.1 Å². The number of aromatic nitrogens is 1. The third kappa shape index (κ3) is 4.70. The number of hydrogen-bond acceptors (Lipinski definition) is 5. The lowest BCUT2D eigenvalue weighted by Gasteiger charge is -2.38. The van der Waals surface area contributed by atoms with Crippen LogP contribution in [-0.4, -0.2) is 48.2 Å². The summed E-state index contributed by atoms with van der Waals surface area (Å²) >= 11 is 3.50. The van der Waals surface area contributed by atoms with Gasteiger partial charge in [-0.25, -0.2) is 4.98 Å². The van der Waals surface area contributed by atoms with Crippen molar-refractivity contribution in [2.24, 2.45) is 5.41 Å². The van der Waals surface area contributed by atoms with E-state index in [9.17, 15) is 4.79 Å². The Kier molecular flexibility index (Phi) is 6.71. The van der Waals surface area contributed by atoms with Crippen molar-refractivity contribution in [2.45, 2.75) is 38.9 Å². The predicted octanol–water partition coefficient (Wildman–Crippen LogP) is 2.79. The molecule has 0 saturated carbocycles. The van der Waals surface area contributed by atoms with E-state index in [0.717, 1.165) is 50.3 Å². The van der Waals surface area contributed by atoms with Crippen molar-refractivity contribution in [3.63, 3.8) is 0 Å². The normalized spacial score (nSPS) is 22.7. The first-order chi connectivity index (χ1) is 10.6. The summed E-state index contributed by atoms with van der Waals surface area (Å²) in [6.07, 6.45) is 5.02. The van der Waals surface area contributed by atoms with E-state index < -0.39 is 0 Å². The number of carbonyl (C=O) groups is 1. The molecule has 0 unspecified atom stereocenters. The lowest BCUT2D eigenvalue weighted by molar-refractivity contribution is -0.133. The Labute approximate surface area is 142 Å². The number of carbonyl (C=O) groups excluding carboxylic acids is 1. The first kappa shape index (κ1) is 17.8. The van der Waals surface area contributed by atoms with Gasteiger partial charge in [0.2, 0.25) is 5.91 Å². The van der Waals surface area contributed by atoms with Crippen LogP contribution in [0.2, 0.25) is 0 Å². The fraction of sp³-hybridized carbons (Fsp3) is 0.750. The van der Waals surface area contributed by atoms with E-state index in [1.54, 1.807) is 23.1 Å². The number of likely N-dealkylation sites (tertiary alicyclic amines) is 1. The van der Waals surface area contributed by atoms with Crippen molar-refractivity contribution in [1.82, 2.24) is 15.2 Å². The Morgan fingerprint density at radius 1 is 1.59 bits per heavy atom. The van der Waals surface area contributed by atoms with E-state index in [0.29, 0.717) is 6.54 Å². The molecule has 6 heteroatoms. The highest BCUT2D eigenvalue weighted by Crippen LogP contribution is 2.29. The molecule has 1 aromatic heterocycles. The molecule has 2 rings (SSSR count). The maximum Gasteiger partial charge on any atom is 0.227 e. The van der Waals surface area contributed by atoms with Crippen molar-refractivity contribution < 1.29 is 4.79 Å². The predicted molar refractivity (Wildman–Crippen MR) is 95.5 cm³/mol. The van der Waals surface area contributed by atoms with Gasteiger partial charge in [0.25, 0.3) is 0 Å². The third-order valence-electron chi connectivity index (χ3n) is 4.30. The highest BCUT2D eigenvalue weighted by molar-refractivity contribution is 7.97. The molecule has 124 valence electrons. The van der Waals surface area contributed by atoms with Gasteiger partial charge in [-0.15, -0.1) is 11.3 Å². The quantitative estimate of drug-likeness (QED) is 0.828. The fourth-order valence-electron chi connectivity index (χ4n) is 2.97. The summed E-state index contributed by atoms with van der Waals surface area (Å²) in [5.41, 5.74) is 0.860. The van der Waals surface area contributed by atoms with Crippen LogP contribution >= 0.6 is 23.1 Å². The van der Waals surface area contributed by atoms with Crippen molar-refractivity contribution >= 4 is 29.0 Å². The van der Waals surface area contributed by atoms with Crippen LogP contribution in [0, 0.1) is 5.41 Å². The standard InChI is InChI=1S/C16H27N3OS2/c1-4-19-9-5-7-16(2,12-19)15(20)17-8-6-13-10-22-14(18-13)11-21-3/h10H,4-9,11-12H2,1-3H3,(H,17,20)/t16-/m1/s1. The van der Waals surface area contributed by atoms with Crippen molar-refractivity contribution in [3.8, 4) is 0 Å². The fourth-order valence-corrected chi connectivity index (χ4v) is 4.52. The SMILES string of the molecule is CCN1CCC[C@@](C)(C(=O)NCCc2csc(CSC)n2)C1. The maximum atomic E-state index is 12.5. The van der Waals surface area contributed by atoms with E-state index in [-0.39, 0.29) is 11.3 Å². The van der Waals surface area contributed by atoms with Gasteiger partial charge in [0.15, 0.2) is 0 Å². The summed E-state index contributed by atoms with van der Waals surface area (Å²) in [6, 6.07) is 0. The number of rotatable bonds is 7. The number of thiazole rings is 1. The third-order valence-corrected chi connectivity index (χ3v) is 5.95. The molecule has 4 nitrogen and oxygen atoms in total. The lowest BCUT2D eigenvalue weighted by Crippen LogP contribution is -2.50. The minimum Gasteiger partial charge on any atom is -0.355 e. The maximum absolute atomic E-state index is 12.5. The summed E-state index contributed by atoms with van der Waals surface area (Å²) in [6.45, 7) is 7.98. The minimum atomic E-state index is -0.236. The smallest absolute Gasteiger partial charge is 0.227 e. The van der Waals surface area contributed by atoms with Gasteiger partial charge < -0.3 is 10.2 Å². The molecule has 1 amide bonds. The van der Waals surface area contributed by atoms with Gasteiger partial charge in [-0.1, -0.05) is 6.92 Å². The Morgan fingerprint density at radius 2 is 2.41 bits per heavy atom. The number of amides is 1. The molecule has 22 heavy (non-hydrogen) atoms. The second-order valence-electron chi connectivity index (χ2n) is 6.20. The molecule has 0 aliphatic carbocycles. The Hall–Kier alpha value is -0.590. The molecule has 1 N–H and O–H groups in total. The van der Waals surface area contributed by atoms with Crippen molar-refractivity contribution in [3.05, 3.63) is 16.1 Å². The van der Waals surface area contributed by atoms with Gasteiger partial charge in [-0.2, -0.15) is 11.8 Å². The molecule has 0 spiro atoms. The molecule has 0 radical (unpaired) electrons. The molecule has 1 atom stereocenters. The van der Waals surface area contributed by atoms with Crippen LogP contribution in [0.1, 0.15) is 37.4 Å². The summed E-state index contributed by atoms with van der Waals surface area (Å²) in [5, 5.41) is 6.40. The molecule has 1 aliphatic heterocycles. The molecule has 2 heterocycles. The topological polar surface area (TPSA) is 45.2 Å². The van der Waals surface area contributed by atoms with Gasteiger partial charge in [-0.3, -0.25) is 4.79 Å². The first-order valence-corrected chi connectivity index (χ1v) is 10.3. The highest BCUT2D eigenvalue weighted by atomic mass is 32.2. The number of hydrogen-bond donors (Lipinski definition) is 1. The summed E-state index contributed by atoms with van der Waals surface area (Å²) in [7, 11) is 0. The average Bonchev–Trinajstić information content (AvgIpc) is 2.95. The largest absolute Gasteiger partial charge is 0.355 e. The second-order valence-corrected chi connectivity index (χ2v) is 8.01. The van der Waals surface area contributed by atoms with Crippen LogP contribution in [0.5, 0.6) is 0 Å². The van der Waals surface area contributed by atoms with E-state index in [1.165, 1.54) is 5.01 Å². The Bertz CT molecular complexity index is 491. The number of nitrogens with one attached hydrogen (secondary N) is 1. The number of nitrogens with zero attached hydrogens (tertiary/aromatic N) is 2. The van der Waals surface area contributed by atoms with E-state index in [4.69, 9.17) is 0 Å². The van der Waals surface area contributed by atoms with Gasteiger partial charge in [0.1, 0.15) is 5.01 Å². The van der Waals surface area contributed by atoms with Crippen molar-refractivity contribution in [2.75, 3.05) is 32.4 Å². The van der Waals surface area contributed by atoms with Crippen LogP contribution in [0.4, 0.5) is 0 Å². The van der Waals surface area contributed by atoms with Crippen LogP contribution in [0.15, 0.2) is 5.38 Å². The summed E-state index contributed by atoms with van der Waals surface area (Å²) in [4.78, 5) is 19.5. The van der Waals surface area contributed by atoms with Crippen LogP contribution in [0.3, 0.4) is 0 Å². The zero-order valence-corrected chi connectivity index (χ0v) is 15.5. The zero-order valence-electron chi connectivity index (χ0n) is 13.9. The lowest BCUT2D eigenvalue weighted by atomic mass is 9.81. The van der Waals surface area contributed by atoms with Crippen LogP contribution in [0.25, 0.3) is 0 Å². The molecule has 0 bridgehead atoms. The Balaban J connectivity index is 1.79. The molecular weight excluding hydrogens is 314 g/mol. The molecule has 1 aromatic rings. The molecular formula is C16H27N3OS2. The van der Waals surface area contributed by atoms with E-state index in [2.05, 4.69) is 40.7 Å². The van der Waals surface area contributed by atoms with E-state index in [1.807, 2.05) is 0 Å². The second kappa shape index (κ2) is 8.31. The number of thioether (sulfide) groups is 1. The molecule has 0 aromatic carbocycles. The van der Waals surface area contributed by atoms with Crippen LogP contribution < -0.4 is 5.32 Å². The van der Waals surface area contributed by atoms with Gasteiger partial charge in [0, 0.05) is 30.6 Å². The highest BCUT2D eigenvalue weighted by Gasteiger charge is 2.36. The monoisotopic (exact) mass is 341 g/mol. The summed E-state index contributed by atoms with van der Waals surface area (Å²) in [5.74, 6) is 1.17. The van der Waals surface area contributed by atoms with Gasteiger partial charge in [-0.05, 0) is 39.1 Å². The van der Waals surface area contributed by atoms with E-state index >= 15 is 0 Å². The first-order valence-electron chi connectivity index (χ1n) is 8.00. The minimum absolute atomic E-state index is 0.199. The molecule has 1 aliphatic rings. The van der Waals surface area contributed by atoms with Crippen molar-refractivity contribution in [1.29, 1.82) is 0 Å². The average molecular weight is 342 g/mol. The van der Waals surface area contributed by atoms with Crippen LogP contribution in [-0.2, 0) is 17.0 Å². The molecule has 1 saturated heterocycles.